The van der Waals surface area contributed by atoms with Crippen LogP contribution >= 0.6 is 0 Å². The third-order valence-corrected chi connectivity index (χ3v) is 7.70. The molecule has 0 saturated heterocycles. The summed E-state index contributed by atoms with van der Waals surface area (Å²) in [7, 11) is 0. The van der Waals surface area contributed by atoms with E-state index < -0.39 is 23.4 Å². The lowest BCUT2D eigenvalue weighted by atomic mass is 9.68. The maximum absolute atomic E-state index is 13.8. The summed E-state index contributed by atoms with van der Waals surface area (Å²) in [6.45, 7) is 3.80. The summed E-state index contributed by atoms with van der Waals surface area (Å²) in [6.07, 6.45) is 12.0. The number of benzene rings is 1. The zero-order valence-corrected chi connectivity index (χ0v) is 18.3. The van der Waals surface area contributed by atoms with Gasteiger partial charge in [-0.15, -0.1) is 6.58 Å². The molecule has 0 amide bonds. The van der Waals surface area contributed by atoms with Crippen molar-refractivity contribution in [1.82, 2.24) is 0 Å². The summed E-state index contributed by atoms with van der Waals surface area (Å²) >= 11 is 0. The van der Waals surface area contributed by atoms with Gasteiger partial charge in [-0.2, -0.15) is 13.2 Å². The maximum atomic E-state index is 13.8. The molecule has 0 spiro atoms. The lowest BCUT2D eigenvalue weighted by Gasteiger charge is -2.38. The molecule has 2 saturated carbocycles. The Balaban J connectivity index is 1.41. The van der Waals surface area contributed by atoms with Crippen LogP contribution in [0.15, 0.2) is 24.8 Å². The molecule has 0 radical (unpaired) electrons. The maximum Gasteiger partial charge on any atom is 0.422 e. The summed E-state index contributed by atoms with van der Waals surface area (Å²) in [5, 5.41) is 0. The number of unbranched alkanes of at least 4 members (excludes halogenated alkanes) is 1. The highest BCUT2D eigenvalue weighted by Gasteiger charge is 2.38. The second-order valence-electron chi connectivity index (χ2n) is 9.75. The van der Waals surface area contributed by atoms with Gasteiger partial charge < -0.3 is 0 Å². The highest BCUT2D eigenvalue weighted by molar-refractivity contribution is 5.28. The van der Waals surface area contributed by atoms with Gasteiger partial charge in [-0.05, 0) is 92.7 Å². The molecule has 2 aliphatic rings. The van der Waals surface area contributed by atoms with E-state index in [-0.39, 0.29) is 0 Å². The van der Waals surface area contributed by atoms with Crippen molar-refractivity contribution in [2.75, 3.05) is 0 Å². The van der Waals surface area contributed by atoms with Crippen molar-refractivity contribution in [3.63, 3.8) is 0 Å². The molecule has 0 bridgehead atoms. The van der Waals surface area contributed by atoms with E-state index in [1.165, 1.54) is 51.4 Å². The van der Waals surface area contributed by atoms with E-state index in [9.17, 15) is 22.0 Å². The van der Waals surface area contributed by atoms with Crippen LogP contribution in [0.5, 0.6) is 0 Å². The average Bonchev–Trinajstić information content (AvgIpc) is 2.72. The molecular formula is C26H35F5. The fourth-order valence-electron chi connectivity index (χ4n) is 5.86. The number of hydrogen-bond acceptors (Lipinski definition) is 0. The number of alkyl halides is 3. The van der Waals surface area contributed by atoms with Crippen LogP contribution in [-0.2, 0) is 12.6 Å². The highest BCUT2D eigenvalue weighted by atomic mass is 19.4. The topological polar surface area (TPSA) is 0 Å². The Kier molecular flexibility index (Phi) is 8.58. The largest absolute Gasteiger partial charge is 0.422 e. The molecular weight excluding hydrogens is 407 g/mol. The van der Waals surface area contributed by atoms with Crippen LogP contribution < -0.4 is 0 Å². The fraction of sp³-hybridized carbons (Fsp3) is 0.692. The lowest BCUT2D eigenvalue weighted by Crippen LogP contribution is -2.26. The highest BCUT2D eigenvalue weighted by Crippen LogP contribution is 2.43. The molecule has 0 unspecified atom stereocenters. The van der Waals surface area contributed by atoms with Gasteiger partial charge in [0, 0.05) is 0 Å². The van der Waals surface area contributed by atoms with Crippen molar-refractivity contribution in [3.05, 3.63) is 47.5 Å². The van der Waals surface area contributed by atoms with Gasteiger partial charge in [0.25, 0.3) is 0 Å². The van der Waals surface area contributed by atoms with E-state index in [1.807, 2.05) is 6.08 Å². The van der Waals surface area contributed by atoms with Gasteiger partial charge in [-0.3, -0.25) is 0 Å². The first kappa shape index (κ1) is 24.3. The third kappa shape index (κ3) is 6.79. The van der Waals surface area contributed by atoms with Crippen molar-refractivity contribution in [2.24, 2.45) is 23.7 Å². The molecule has 0 atom stereocenters. The van der Waals surface area contributed by atoms with Crippen molar-refractivity contribution >= 4 is 0 Å². The van der Waals surface area contributed by atoms with Crippen LogP contribution in [0.2, 0.25) is 0 Å². The molecule has 3 rings (SSSR count). The predicted molar refractivity (Wildman–Crippen MR) is 115 cm³/mol. The Morgan fingerprint density at radius 2 is 1.29 bits per heavy atom. The molecule has 5 heteroatoms. The van der Waals surface area contributed by atoms with Crippen molar-refractivity contribution < 1.29 is 22.0 Å². The minimum atomic E-state index is -5.00. The van der Waals surface area contributed by atoms with Gasteiger partial charge in [-0.25, -0.2) is 8.78 Å². The molecule has 0 aromatic heterocycles. The Labute approximate surface area is 183 Å². The number of hydrogen-bond donors (Lipinski definition) is 0. The molecule has 1 aromatic carbocycles. The van der Waals surface area contributed by atoms with Crippen LogP contribution in [0.1, 0.15) is 88.2 Å². The summed E-state index contributed by atoms with van der Waals surface area (Å²) in [4.78, 5) is 0. The van der Waals surface area contributed by atoms with Gasteiger partial charge in [0.15, 0.2) is 0 Å². The first-order chi connectivity index (χ1) is 14.8. The monoisotopic (exact) mass is 442 g/mol. The molecule has 174 valence electrons. The van der Waals surface area contributed by atoms with E-state index in [0.717, 1.165) is 55.6 Å². The van der Waals surface area contributed by atoms with Crippen LogP contribution in [0.25, 0.3) is 0 Å². The molecule has 31 heavy (non-hydrogen) atoms. The predicted octanol–water partition coefficient (Wildman–Crippen LogP) is 8.89. The van der Waals surface area contributed by atoms with E-state index in [2.05, 4.69) is 6.58 Å². The average molecular weight is 443 g/mol. The van der Waals surface area contributed by atoms with Crippen LogP contribution in [0.4, 0.5) is 22.0 Å². The number of halogens is 5. The second-order valence-corrected chi connectivity index (χ2v) is 9.75. The quantitative estimate of drug-likeness (QED) is 0.214. The van der Waals surface area contributed by atoms with E-state index >= 15 is 0 Å². The van der Waals surface area contributed by atoms with Crippen LogP contribution in [0, 0.1) is 35.3 Å². The SMILES string of the molecule is C=CCCCC1CCC(C2CCC(CCc3cc(F)c(C(F)(F)F)c(F)c3)CC2)CC1. The lowest BCUT2D eigenvalue weighted by molar-refractivity contribution is -0.142. The first-order valence-corrected chi connectivity index (χ1v) is 11.9. The molecule has 0 heterocycles. The summed E-state index contributed by atoms with van der Waals surface area (Å²) in [6, 6.07) is 1.70. The smallest absolute Gasteiger partial charge is 0.206 e. The summed E-state index contributed by atoms with van der Waals surface area (Å²) in [5.74, 6) is 0.00983. The Morgan fingerprint density at radius 1 is 0.806 bits per heavy atom. The normalized spacial score (nSPS) is 27.3. The molecule has 2 aliphatic carbocycles. The van der Waals surface area contributed by atoms with Gasteiger partial charge in [-0.1, -0.05) is 38.2 Å². The van der Waals surface area contributed by atoms with E-state index in [1.54, 1.807) is 0 Å². The fourth-order valence-corrected chi connectivity index (χ4v) is 5.86. The van der Waals surface area contributed by atoms with Crippen molar-refractivity contribution in [1.29, 1.82) is 0 Å². The minimum Gasteiger partial charge on any atom is -0.206 e. The standard InChI is InChI=1S/C26H35F5/c1-2-3-4-5-18-8-12-21(13-9-18)22-14-10-19(11-15-22)6-7-20-16-23(27)25(24(28)17-20)26(29,30)31/h2,16-19,21-22H,1,3-15H2. The zero-order valence-electron chi connectivity index (χ0n) is 18.3. The van der Waals surface area contributed by atoms with Gasteiger partial charge in [0.05, 0.1) is 0 Å². The third-order valence-electron chi connectivity index (χ3n) is 7.70. The summed E-state index contributed by atoms with van der Waals surface area (Å²) < 4.78 is 65.7. The molecule has 0 aliphatic heterocycles. The van der Waals surface area contributed by atoms with Crippen LogP contribution in [-0.4, -0.2) is 0 Å². The number of rotatable bonds is 8. The van der Waals surface area contributed by atoms with Gasteiger partial charge in [0.2, 0.25) is 0 Å². The summed E-state index contributed by atoms with van der Waals surface area (Å²) in [5.41, 5.74) is -1.47. The van der Waals surface area contributed by atoms with Gasteiger partial charge in [0.1, 0.15) is 17.2 Å². The zero-order chi connectivity index (χ0) is 22.4. The van der Waals surface area contributed by atoms with E-state index in [4.69, 9.17) is 0 Å². The van der Waals surface area contributed by atoms with Crippen molar-refractivity contribution in [3.8, 4) is 0 Å². The molecule has 0 N–H and O–H groups in total. The Hall–Kier alpha value is -1.39. The number of allylic oxidation sites excluding steroid dienone is 1. The van der Waals surface area contributed by atoms with Crippen LogP contribution in [0.3, 0.4) is 0 Å². The van der Waals surface area contributed by atoms with Crippen molar-refractivity contribution in [2.45, 2.75) is 89.6 Å². The Morgan fingerprint density at radius 3 is 1.74 bits per heavy atom. The molecule has 0 nitrogen and oxygen atoms in total. The minimum absolute atomic E-state index is 0.319. The first-order valence-electron chi connectivity index (χ1n) is 11.9. The molecule has 1 aromatic rings. The number of aryl methyl sites for hydroxylation is 1. The Bertz CT molecular complexity index is 684. The van der Waals surface area contributed by atoms with Gasteiger partial charge >= 0.3 is 6.18 Å². The second kappa shape index (κ2) is 11.0. The van der Waals surface area contributed by atoms with E-state index in [0.29, 0.717) is 17.9 Å². The molecule has 2 fully saturated rings.